The Morgan fingerprint density at radius 2 is 1.79 bits per heavy atom. The summed E-state index contributed by atoms with van der Waals surface area (Å²) < 4.78 is 5.72. The lowest BCUT2D eigenvalue weighted by atomic mass is 9.85. The zero-order valence-corrected chi connectivity index (χ0v) is 28.3. The number of carbonyl (C=O) groups is 6. The van der Waals surface area contributed by atoms with Crippen LogP contribution in [0.2, 0.25) is 0 Å². The quantitative estimate of drug-likeness (QED) is 0.188. The number of aromatic nitrogens is 2. The largest absolute Gasteiger partial charge is 0.505 e. The van der Waals surface area contributed by atoms with Crippen molar-refractivity contribution < 1.29 is 38.6 Å². The molecule has 3 aliphatic rings. The van der Waals surface area contributed by atoms with Crippen molar-refractivity contribution >= 4 is 46.3 Å². The van der Waals surface area contributed by atoms with Crippen molar-refractivity contribution in [3.63, 3.8) is 0 Å². The molecule has 4 heterocycles. The first-order valence-corrected chi connectivity index (χ1v) is 17.1. The van der Waals surface area contributed by atoms with Gasteiger partial charge in [0.25, 0.3) is 17.7 Å². The highest BCUT2D eigenvalue weighted by atomic mass is 16.5. The summed E-state index contributed by atoms with van der Waals surface area (Å²) in [5, 5.41) is 20.3. The Balaban J connectivity index is 0.958. The van der Waals surface area contributed by atoms with Crippen LogP contribution in [0.1, 0.15) is 82.0 Å². The van der Waals surface area contributed by atoms with Crippen LogP contribution in [0.4, 0.5) is 0 Å². The maximum absolute atomic E-state index is 13.7. The molecule has 2 atom stereocenters. The van der Waals surface area contributed by atoms with E-state index in [4.69, 9.17) is 4.74 Å². The second kappa shape index (κ2) is 14.2. The Hall–Kier alpha value is -6.18. The third-order valence-corrected chi connectivity index (χ3v) is 9.97. The smallest absolute Gasteiger partial charge is 0.266 e. The number of nitrogens with zero attached hydrogens (tertiary/aromatic N) is 3. The zero-order chi connectivity index (χ0) is 36.5. The Bertz CT molecular complexity index is 2110. The third-order valence-electron chi connectivity index (χ3n) is 9.97. The lowest BCUT2D eigenvalue weighted by Gasteiger charge is -2.30. The highest BCUT2D eigenvalue weighted by Crippen LogP contribution is 2.37. The number of carbonyl (C=O) groups excluding carboxylic acids is 6. The molecule has 4 N–H and O–H groups in total. The number of nitrogens with one attached hydrogen (secondary N) is 3. The van der Waals surface area contributed by atoms with Crippen LogP contribution in [0.15, 0.2) is 67.1 Å². The van der Waals surface area contributed by atoms with Gasteiger partial charge in [0.2, 0.25) is 17.7 Å². The van der Waals surface area contributed by atoms with Crippen molar-refractivity contribution in [2.24, 2.45) is 5.92 Å². The molecule has 2 fully saturated rings. The van der Waals surface area contributed by atoms with Gasteiger partial charge in [0.1, 0.15) is 23.1 Å². The van der Waals surface area contributed by atoms with E-state index in [-0.39, 0.29) is 53.3 Å². The van der Waals surface area contributed by atoms with Gasteiger partial charge in [-0.2, -0.15) is 0 Å². The number of piperidine rings is 1. The van der Waals surface area contributed by atoms with Gasteiger partial charge in [-0.05, 0) is 80.5 Å². The maximum atomic E-state index is 13.7. The summed E-state index contributed by atoms with van der Waals surface area (Å²) in [6.07, 6.45) is 7.04. The van der Waals surface area contributed by atoms with Crippen LogP contribution in [-0.4, -0.2) is 74.1 Å². The molecule has 0 radical (unpaired) electrons. The lowest BCUT2D eigenvalue weighted by molar-refractivity contribution is -0.136. The molecular weight excluding hydrogens is 668 g/mol. The van der Waals surface area contributed by atoms with E-state index < -0.39 is 48.2 Å². The number of benzene rings is 2. The molecule has 52 heavy (non-hydrogen) atoms. The molecule has 266 valence electrons. The molecule has 1 saturated heterocycles. The summed E-state index contributed by atoms with van der Waals surface area (Å²) >= 11 is 0. The Labute approximate surface area is 298 Å². The highest BCUT2D eigenvalue weighted by Gasteiger charge is 2.46. The number of ether oxygens (including phenoxy) is 1. The minimum absolute atomic E-state index is 0.000634. The topological polar surface area (TPSA) is 197 Å². The number of phenolic OH excluding ortho intramolecular Hbond substituents is 1. The molecule has 0 spiro atoms. The van der Waals surface area contributed by atoms with Crippen LogP contribution in [0.25, 0.3) is 10.9 Å². The molecule has 2 aromatic carbocycles. The highest BCUT2D eigenvalue weighted by molar-refractivity contribution is 6.24. The van der Waals surface area contributed by atoms with Gasteiger partial charge in [-0.1, -0.05) is 18.2 Å². The Morgan fingerprint density at radius 1 is 1.00 bits per heavy atom. The van der Waals surface area contributed by atoms with Crippen LogP contribution in [0.5, 0.6) is 11.5 Å². The van der Waals surface area contributed by atoms with E-state index in [0.29, 0.717) is 42.3 Å². The average molecular weight is 705 g/mol. The summed E-state index contributed by atoms with van der Waals surface area (Å²) in [6.45, 7) is 1.51. The number of aryl methyl sites for hydroxylation is 1. The molecule has 6 amide bonds. The Morgan fingerprint density at radius 3 is 2.54 bits per heavy atom. The van der Waals surface area contributed by atoms with Gasteiger partial charge in [0.05, 0.1) is 17.2 Å². The summed E-state index contributed by atoms with van der Waals surface area (Å²) in [5.41, 5.74) is 2.60. The molecule has 14 heteroatoms. The van der Waals surface area contributed by atoms with Gasteiger partial charge in [-0.15, -0.1) is 0 Å². The number of hydrogen-bond acceptors (Lipinski definition) is 10. The van der Waals surface area contributed by atoms with E-state index in [2.05, 4.69) is 25.9 Å². The first-order valence-electron chi connectivity index (χ1n) is 17.1. The lowest BCUT2D eigenvalue weighted by Crippen LogP contribution is -2.54. The van der Waals surface area contributed by atoms with Crippen molar-refractivity contribution in [1.29, 1.82) is 0 Å². The minimum Gasteiger partial charge on any atom is -0.505 e. The van der Waals surface area contributed by atoms with Crippen LogP contribution < -0.4 is 20.7 Å². The van der Waals surface area contributed by atoms with Gasteiger partial charge >= 0.3 is 0 Å². The number of imide groups is 2. The van der Waals surface area contributed by atoms with Crippen molar-refractivity contribution in [3.8, 4) is 11.5 Å². The number of amides is 6. The van der Waals surface area contributed by atoms with E-state index in [1.54, 1.807) is 30.7 Å². The zero-order valence-electron chi connectivity index (χ0n) is 28.3. The first-order chi connectivity index (χ1) is 25.1. The minimum atomic E-state index is -1.12. The first kappa shape index (κ1) is 34.3. The van der Waals surface area contributed by atoms with Crippen LogP contribution in [0, 0.1) is 12.8 Å². The number of fused-ring (bicyclic) bond motifs is 2. The van der Waals surface area contributed by atoms with E-state index >= 15 is 0 Å². The molecule has 2 aliphatic heterocycles. The van der Waals surface area contributed by atoms with Gasteiger partial charge in [-0.25, -0.2) is 0 Å². The van der Waals surface area contributed by atoms with E-state index in [0.717, 1.165) is 15.8 Å². The fraction of sp³-hybridized carbons (Fsp3) is 0.316. The van der Waals surface area contributed by atoms with E-state index in [9.17, 15) is 33.9 Å². The van der Waals surface area contributed by atoms with Crippen molar-refractivity contribution in [3.05, 3.63) is 94.9 Å². The van der Waals surface area contributed by atoms with Crippen LogP contribution in [0.3, 0.4) is 0 Å². The van der Waals surface area contributed by atoms with Gasteiger partial charge < -0.3 is 20.5 Å². The van der Waals surface area contributed by atoms with Crippen LogP contribution in [-0.2, 0) is 19.2 Å². The number of pyridine rings is 2. The number of aromatic hydroxyl groups is 1. The summed E-state index contributed by atoms with van der Waals surface area (Å²) in [7, 11) is 0. The van der Waals surface area contributed by atoms with Gasteiger partial charge in [0, 0.05) is 47.9 Å². The molecule has 1 saturated carbocycles. The summed E-state index contributed by atoms with van der Waals surface area (Å²) in [6, 6.07) is 11.6. The molecule has 4 aromatic rings. The number of hydrogen-bond donors (Lipinski definition) is 4. The normalized spacial score (nSPS) is 20.6. The monoisotopic (exact) mass is 704 g/mol. The van der Waals surface area contributed by atoms with Crippen molar-refractivity contribution in [1.82, 2.24) is 30.8 Å². The van der Waals surface area contributed by atoms with E-state index in [1.807, 2.05) is 25.1 Å². The maximum Gasteiger partial charge on any atom is 0.266 e. The van der Waals surface area contributed by atoms with Crippen LogP contribution >= 0.6 is 0 Å². The summed E-state index contributed by atoms with van der Waals surface area (Å²) in [5.74, 6) is -3.49. The molecule has 0 bridgehead atoms. The molecular formula is C38H36N6O8. The average Bonchev–Trinajstić information content (AvgIpc) is 3.41. The summed E-state index contributed by atoms with van der Waals surface area (Å²) in [4.78, 5) is 86.5. The second-order valence-corrected chi connectivity index (χ2v) is 13.3. The fourth-order valence-electron chi connectivity index (χ4n) is 7.31. The number of rotatable bonds is 9. The Kier molecular flexibility index (Phi) is 9.37. The van der Waals surface area contributed by atoms with E-state index in [1.165, 1.54) is 18.2 Å². The molecule has 2 unspecified atom stereocenters. The predicted octanol–water partition coefficient (Wildman–Crippen LogP) is 3.00. The molecule has 2 aromatic heterocycles. The second-order valence-electron chi connectivity index (χ2n) is 13.3. The standard InChI is InChI=1S/C38H36N6O8/c1-20-17-26(34(47)33-24(20)7-4-16-40-33)32(22-5-3-15-39-18-22)43-35(48)21-9-11-23(12-10-21)41-30(46)19-52-28-8-2-6-25-31(28)38(51)44(37(25)50)27-13-14-29(45)42-36(27)49/h2-8,15-18,21,23,27,32,47H,9-14,19H2,1H3,(H,41,46)(H,43,48)(H,42,45,49). The van der Waals surface area contributed by atoms with Gasteiger partial charge in [0.15, 0.2) is 6.61 Å². The molecule has 7 rings (SSSR count). The number of phenols is 1. The van der Waals surface area contributed by atoms with Crippen molar-refractivity contribution in [2.45, 2.75) is 63.6 Å². The predicted molar refractivity (Wildman–Crippen MR) is 185 cm³/mol. The molecule has 14 nitrogen and oxygen atoms in total. The SMILES string of the molecule is Cc1cc(C(NC(=O)C2CCC(NC(=O)COc3cccc4c3C(=O)N(C3CCC(=O)NC3=O)C4=O)CC2)c2cccnc2)c(O)c2ncccc12. The fourth-order valence-corrected chi connectivity index (χ4v) is 7.31. The van der Waals surface area contributed by atoms with Gasteiger partial charge in [-0.3, -0.25) is 49.0 Å². The third kappa shape index (κ3) is 6.54. The van der Waals surface area contributed by atoms with Crippen molar-refractivity contribution in [2.75, 3.05) is 6.61 Å². The molecule has 1 aliphatic carbocycles.